The van der Waals surface area contributed by atoms with Crippen molar-refractivity contribution in [1.29, 1.82) is 0 Å². The summed E-state index contributed by atoms with van der Waals surface area (Å²) in [5.74, 6) is -0.143. The van der Waals surface area contributed by atoms with Crippen molar-refractivity contribution in [2.45, 2.75) is 26.2 Å². The SMILES string of the molecule is CCOC(=O)Oc1ccc(C(=O)N2CCCN(C(=O)CCc3cccc(F)c3)CC2)cc1. The Morgan fingerprint density at radius 2 is 1.69 bits per heavy atom. The number of amides is 2. The summed E-state index contributed by atoms with van der Waals surface area (Å²) in [5, 5.41) is 0. The predicted molar refractivity (Wildman–Crippen MR) is 116 cm³/mol. The Bertz CT molecular complexity index is 948. The van der Waals surface area contributed by atoms with Crippen LogP contribution in [0.2, 0.25) is 0 Å². The van der Waals surface area contributed by atoms with Gasteiger partial charge in [0.1, 0.15) is 11.6 Å². The molecule has 1 saturated heterocycles. The standard InChI is InChI=1S/C24H27FN2O5/c1-2-31-24(30)32-21-10-8-19(9-11-21)23(29)27-14-4-13-26(15-16-27)22(28)12-7-18-5-3-6-20(25)17-18/h3,5-6,8-11,17H,2,4,7,12-16H2,1H3. The lowest BCUT2D eigenvalue weighted by Gasteiger charge is -2.22. The molecule has 2 aromatic carbocycles. The molecule has 0 aromatic heterocycles. The topological polar surface area (TPSA) is 76.2 Å². The molecule has 0 N–H and O–H groups in total. The molecule has 3 rings (SSSR count). The van der Waals surface area contributed by atoms with Crippen molar-refractivity contribution < 1.29 is 28.2 Å². The first-order valence-corrected chi connectivity index (χ1v) is 10.7. The number of rotatable bonds is 6. The van der Waals surface area contributed by atoms with E-state index in [2.05, 4.69) is 0 Å². The van der Waals surface area contributed by atoms with Gasteiger partial charge in [0, 0.05) is 38.2 Å². The van der Waals surface area contributed by atoms with Gasteiger partial charge in [0.15, 0.2) is 0 Å². The van der Waals surface area contributed by atoms with Gasteiger partial charge < -0.3 is 19.3 Å². The van der Waals surface area contributed by atoms with Crippen LogP contribution in [0.5, 0.6) is 5.75 Å². The second kappa shape index (κ2) is 11.3. The van der Waals surface area contributed by atoms with Gasteiger partial charge in [-0.05, 0) is 61.7 Å². The maximum absolute atomic E-state index is 13.3. The fraction of sp³-hybridized carbons (Fsp3) is 0.375. The number of hydrogen-bond acceptors (Lipinski definition) is 5. The van der Waals surface area contributed by atoms with Crippen LogP contribution in [0.25, 0.3) is 0 Å². The van der Waals surface area contributed by atoms with Crippen molar-refractivity contribution in [1.82, 2.24) is 9.80 Å². The Balaban J connectivity index is 1.51. The Hall–Kier alpha value is -3.42. The molecular formula is C24H27FN2O5. The second-order valence-corrected chi connectivity index (χ2v) is 7.47. The Labute approximate surface area is 186 Å². The van der Waals surface area contributed by atoms with Crippen molar-refractivity contribution >= 4 is 18.0 Å². The van der Waals surface area contributed by atoms with E-state index in [0.717, 1.165) is 5.56 Å². The molecule has 0 atom stereocenters. The molecule has 0 radical (unpaired) electrons. The van der Waals surface area contributed by atoms with E-state index in [0.29, 0.717) is 56.8 Å². The Morgan fingerprint density at radius 3 is 2.41 bits per heavy atom. The van der Waals surface area contributed by atoms with Crippen LogP contribution < -0.4 is 4.74 Å². The third kappa shape index (κ3) is 6.54. The van der Waals surface area contributed by atoms with Gasteiger partial charge in [-0.2, -0.15) is 0 Å². The van der Waals surface area contributed by atoms with Crippen molar-refractivity contribution in [2.24, 2.45) is 0 Å². The van der Waals surface area contributed by atoms with Gasteiger partial charge in [0.2, 0.25) is 5.91 Å². The molecule has 2 aromatic rings. The van der Waals surface area contributed by atoms with Crippen LogP contribution in [-0.4, -0.2) is 60.6 Å². The van der Waals surface area contributed by atoms with Crippen LogP contribution >= 0.6 is 0 Å². The van der Waals surface area contributed by atoms with Crippen molar-refractivity contribution in [3.63, 3.8) is 0 Å². The summed E-state index contributed by atoms with van der Waals surface area (Å²) in [7, 11) is 0. The first-order chi connectivity index (χ1) is 15.5. The van der Waals surface area contributed by atoms with E-state index in [4.69, 9.17) is 9.47 Å². The number of nitrogens with zero attached hydrogens (tertiary/aromatic N) is 2. The van der Waals surface area contributed by atoms with E-state index in [9.17, 15) is 18.8 Å². The van der Waals surface area contributed by atoms with Gasteiger partial charge in [-0.3, -0.25) is 9.59 Å². The van der Waals surface area contributed by atoms with E-state index >= 15 is 0 Å². The number of aryl methyl sites for hydroxylation is 1. The average Bonchev–Trinajstić information content (AvgIpc) is 3.04. The molecule has 1 fully saturated rings. The molecule has 0 aliphatic carbocycles. The molecular weight excluding hydrogens is 415 g/mol. The molecule has 32 heavy (non-hydrogen) atoms. The predicted octanol–water partition coefficient (Wildman–Crippen LogP) is 3.67. The van der Waals surface area contributed by atoms with E-state index in [1.165, 1.54) is 12.1 Å². The summed E-state index contributed by atoms with van der Waals surface area (Å²) in [4.78, 5) is 40.3. The Morgan fingerprint density at radius 1 is 0.969 bits per heavy atom. The largest absolute Gasteiger partial charge is 0.513 e. The molecule has 2 amide bonds. The fourth-order valence-electron chi connectivity index (χ4n) is 3.56. The van der Waals surface area contributed by atoms with Gasteiger partial charge in [-0.1, -0.05) is 12.1 Å². The highest BCUT2D eigenvalue weighted by atomic mass is 19.1. The first kappa shape index (κ1) is 23.2. The van der Waals surface area contributed by atoms with Crippen LogP contribution in [0.1, 0.15) is 35.7 Å². The number of benzene rings is 2. The third-order valence-electron chi connectivity index (χ3n) is 5.22. The summed E-state index contributed by atoms with van der Waals surface area (Å²) >= 11 is 0. The zero-order chi connectivity index (χ0) is 22.9. The number of hydrogen-bond donors (Lipinski definition) is 0. The molecule has 1 aliphatic heterocycles. The number of halogens is 1. The van der Waals surface area contributed by atoms with Crippen molar-refractivity contribution in [3.8, 4) is 5.75 Å². The number of ether oxygens (including phenoxy) is 2. The van der Waals surface area contributed by atoms with Crippen LogP contribution in [0.15, 0.2) is 48.5 Å². The highest BCUT2D eigenvalue weighted by Gasteiger charge is 2.23. The number of carbonyl (C=O) groups is 3. The van der Waals surface area contributed by atoms with Crippen LogP contribution in [0, 0.1) is 5.82 Å². The molecule has 1 aliphatic rings. The quantitative estimate of drug-likeness (QED) is 0.504. The maximum Gasteiger partial charge on any atom is 0.513 e. The minimum absolute atomic E-state index is 0.00373. The lowest BCUT2D eigenvalue weighted by atomic mass is 10.1. The fourth-order valence-corrected chi connectivity index (χ4v) is 3.56. The highest BCUT2D eigenvalue weighted by Crippen LogP contribution is 2.16. The highest BCUT2D eigenvalue weighted by molar-refractivity contribution is 5.94. The molecule has 0 spiro atoms. The van der Waals surface area contributed by atoms with E-state index in [1.54, 1.807) is 47.1 Å². The molecule has 0 saturated carbocycles. The molecule has 1 heterocycles. The lowest BCUT2D eigenvalue weighted by Crippen LogP contribution is -2.37. The first-order valence-electron chi connectivity index (χ1n) is 10.7. The van der Waals surface area contributed by atoms with Crippen molar-refractivity contribution in [2.75, 3.05) is 32.8 Å². The van der Waals surface area contributed by atoms with Crippen LogP contribution in [-0.2, 0) is 16.0 Å². The smallest absolute Gasteiger partial charge is 0.434 e. The monoisotopic (exact) mass is 442 g/mol. The van der Waals surface area contributed by atoms with Crippen LogP contribution in [0.3, 0.4) is 0 Å². The van der Waals surface area contributed by atoms with Gasteiger partial charge in [-0.25, -0.2) is 9.18 Å². The second-order valence-electron chi connectivity index (χ2n) is 7.47. The summed E-state index contributed by atoms with van der Waals surface area (Å²) in [6.07, 6.45) is 0.679. The van der Waals surface area contributed by atoms with Gasteiger partial charge in [-0.15, -0.1) is 0 Å². The van der Waals surface area contributed by atoms with E-state index < -0.39 is 6.16 Å². The molecule has 0 unspecified atom stereocenters. The summed E-state index contributed by atoms with van der Waals surface area (Å²) in [6, 6.07) is 12.6. The minimum atomic E-state index is -0.791. The molecule has 0 bridgehead atoms. The minimum Gasteiger partial charge on any atom is -0.434 e. The summed E-state index contributed by atoms with van der Waals surface area (Å²) in [5.41, 5.74) is 1.27. The van der Waals surface area contributed by atoms with E-state index in [-0.39, 0.29) is 24.2 Å². The average molecular weight is 442 g/mol. The van der Waals surface area contributed by atoms with E-state index in [1.807, 2.05) is 6.07 Å². The Kier molecular flexibility index (Phi) is 8.19. The lowest BCUT2D eigenvalue weighted by molar-refractivity contribution is -0.131. The zero-order valence-electron chi connectivity index (χ0n) is 18.1. The summed E-state index contributed by atoms with van der Waals surface area (Å²) < 4.78 is 23.0. The third-order valence-corrected chi connectivity index (χ3v) is 5.22. The molecule has 8 heteroatoms. The molecule has 170 valence electrons. The summed E-state index contributed by atoms with van der Waals surface area (Å²) in [6.45, 7) is 3.92. The van der Waals surface area contributed by atoms with Gasteiger partial charge in [0.25, 0.3) is 5.91 Å². The normalized spacial score (nSPS) is 13.9. The van der Waals surface area contributed by atoms with Crippen molar-refractivity contribution in [3.05, 3.63) is 65.5 Å². The zero-order valence-corrected chi connectivity index (χ0v) is 18.1. The van der Waals surface area contributed by atoms with Gasteiger partial charge >= 0.3 is 6.16 Å². The maximum atomic E-state index is 13.3. The van der Waals surface area contributed by atoms with Gasteiger partial charge in [0.05, 0.1) is 6.61 Å². The van der Waals surface area contributed by atoms with Crippen LogP contribution in [0.4, 0.5) is 9.18 Å². The number of carbonyl (C=O) groups excluding carboxylic acids is 3. The molecule has 7 nitrogen and oxygen atoms in total.